The van der Waals surface area contributed by atoms with E-state index in [1.807, 2.05) is 6.07 Å². The van der Waals surface area contributed by atoms with Crippen molar-refractivity contribution in [2.75, 3.05) is 35.1 Å². The highest BCUT2D eigenvalue weighted by molar-refractivity contribution is 7.93. The van der Waals surface area contributed by atoms with E-state index in [9.17, 15) is 26.0 Å². The number of para-hydroxylation sites is 1. The van der Waals surface area contributed by atoms with Gasteiger partial charge in [0, 0.05) is 11.8 Å². The molecule has 0 saturated carbocycles. The van der Waals surface area contributed by atoms with Gasteiger partial charge >= 0.3 is 0 Å². The first-order valence-electron chi connectivity index (χ1n) is 12.8. The smallest absolute Gasteiger partial charge is 0.264 e. The van der Waals surface area contributed by atoms with Gasteiger partial charge < -0.3 is 14.8 Å². The summed E-state index contributed by atoms with van der Waals surface area (Å²) in [4.78, 5) is 12.9. The van der Waals surface area contributed by atoms with Gasteiger partial charge in [-0.05, 0) is 85.6 Å². The van der Waals surface area contributed by atoms with Crippen LogP contribution in [0, 0.1) is 19.7 Å². The molecular weight excluding hydrogens is 597 g/mol. The second-order valence-electron chi connectivity index (χ2n) is 9.45. The van der Waals surface area contributed by atoms with E-state index in [2.05, 4.69) is 10.0 Å². The average molecular weight is 628 g/mol. The second-order valence-corrected chi connectivity index (χ2v) is 13.0. The van der Waals surface area contributed by atoms with E-state index in [1.165, 1.54) is 68.8 Å². The topological polar surface area (TPSA) is 131 Å². The Morgan fingerprint density at radius 2 is 1.37 bits per heavy atom. The van der Waals surface area contributed by atoms with Crippen LogP contribution in [0.2, 0.25) is 0 Å². The number of sulfonamides is 2. The molecule has 0 bridgehead atoms. The molecule has 0 fully saturated rings. The van der Waals surface area contributed by atoms with E-state index in [4.69, 9.17) is 9.47 Å². The van der Waals surface area contributed by atoms with Crippen molar-refractivity contribution in [1.29, 1.82) is 0 Å². The minimum absolute atomic E-state index is 0.0304. The van der Waals surface area contributed by atoms with Gasteiger partial charge in [0.1, 0.15) is 12.4 Å². The molecule has 0 aliphatic heterocycles. The summed E-state index contributed by atoms with van der Waals surface area (Å²) in [7, 11) is -5.51. The van der Waals surface area contributed by atoms with E-state index in [0.717, 1.165) is 27.6 Å². The highest BCUT2D eigenvalue weighted by Gasteiger charge is 2.28. The Labute approximate surface area is 250 Å². The molecule has 13 heteroatoms. The lowest BCUT2D eigenvalue weighted by Gasteiger charge is -2.24. The number of halogens is 1. The van der Waals surface area contributed by atoms with Crippen LogP contribution in [0.5, 0.6) is 11.5 Å². The van der Waals surface area contributed by atoms with Crippen LogP contribution in [-0.2, 0) is 24.8 Å². The Kier molecular flexibility index (Phi) is 9.26. The SMILES string of the molecule is COc1ccc(S(=O)(=O)N(CC(=O)Nc2ccc(S(=O)(=O)Nc3c(C)cccc3C)cc2)c2ccc(F)cc2)cc1OC. The van der Waals surface area contributed by atoms with Crippen LogP contribution >= 0.6 is 0 Å². The summed E-state index contributed by atoms with van der Waals surface area (Å²) in [5.74, 6) is -0.840. The predicted octanol–water partition coefficient (Wildman–Crippen LogP) is 5.09. The number of hydrogen-bond acceptors (Lipinski definition) is 7. The molecule has 0 saturated heterocycles. The van der Waals surface area contributed by atoms with Crippen LogP contribution in [0.4, 0.5) is 21.5 Å². The summed E-state index contributed by atoms with van der Waals surface area (Å²) in [5, 5.41) is 2.59. The fourth-order valence-electron chi connectivity index (χ4n) is 4.24. The summed E-state index contributed by atoms with van der Waals surface area (Å²) in [6.07, 6.45) is 0. The van der Waals surface area contributed by atoms with Gasteiger partial charge in [-0.2, -0.15) is 0 Å². The van der Waals surface area contributed by atoms with Crippen molar-refractivity contribution in [2.24, 2.45) is 0 Å². The van der Waals surface area contributed by atoms with Gasteiger partial charge in [0.25, 0.3) is 20.0 Å². The van der Waals surface area contributed by atoms with Crippen molar-refractivity contribution in [2.45, 2.75) is 23.6 Å². The van der Waals surface area contributed by atoms with Crippen molar-refractivity contribution in [3.05, 3.63) is 102 Å². The molecule has 0 unspecified atom stereocenters. The highest BCUT2D eigenvalue weighted by Crippen LogP contribution is 2.32. The first kappa shape index (κ1) is 31.3. The first-order chi connectivity index (χ1) is 20.3. The number of benzene rings is 4. The zero-order chi connectivity index (χ0) is 31.4. The van der Waals surface area contributed by atoms with Crippen LogP contribution < -0.4 is 23.8 Å². The van der Waals surface area contributed by atoms with Crippen LogP contribution in [0.25, 0.3) is 0 Å². The highest BCUT2D eigenvalue weighted by atomic mass is 32.2. The summed E-state index contributed by atoms with van der Waals surface area (Å²) < 4.78 is 80.9. The molecule has 4 rings (SSSR count). The summed E-state index contributed by atoms with van der Waals surface area (Å²) in [6.45, 7) is 2.92. The number of nitrogens with one attached hydrogen (secondary N) is 2. The molecule has 1 amide bonds. The average Bonchev–Trinajstić information content (AvgIpc) is 2.98. The number of ether oxygens (including phenoxy) is 2. The third-order valence-electron chi connectivity index (χ3n) is 6.51. The van der Waals surface area contributed by atoms with Gasteiger partial charge in [-0.25, -0.2) is 21.2 Å². The summed E-state index contributed by atoms with van der Waals surface area (Å²) in [6, 6.07) is 19.5. The summed E-state index contributed by atoms with van der Waals surface area (Å²) >= 11 is 0. The number of hydrogen-bond donors (Lipinski definition) is 2. The minimum atomic E-state index is -4.35. The number of anilines is 3. The molecule has 43 heavy (non-hydrogen) atoms. The van der Waals surface area contributed by atoms with E-state index in [1.54, 1.807) is 26.0 Å². The molecule has 2 N–H and O–H groups in total. The van der Waals surface area contributed by atoms with E-state index in [0.29, 0.717) is 11.4 Å². The molecule has 0 spiro atoms. The molecule has 10 nitrogen and oxygen atoms in total. The maximum absolute atomic E-state index is 13.7. The maximum atomic E-state index is 13.7. The normalized spacial score (nSPS) is 11.5. The fraction of sp³-hybridized carbons (Fsp3) is 0.167. The monoisotopic (exact) mass is 627 g/mol. The number of nitrogens with zero attached hydrogens (tertiary/aromatic N) is 1. The van der Waals surface area contributed by atoms with Crippen LogP contribution in [0.15, 0.2) is 94.7 Å². The Bertz CT molecular complexity index is 1830. The number of carbonyl (C=O) groups excluding carboxylic acids is 1. The molecular formula is C30H30FN3O7S2. The van der Waals surface area contributed by atoms with Crippen LogP contribution in [0.1, 0.15) is 11.1 Å². The van der Waals surface area contributed by atoms with Crippen molar-refractivity contribution in [3.63, 3.8) is 0 Å². The number of amides is 1. The number of methoxy groups -OCH3 is 2. The molecule has 0 radical (unpaired) electrons. The van der Waals surface area contributed by atoms with Crippen LogP contribution in [0.3, 0.4) is 0 Å². The van der Waals surface area contributed by atoms with E-state index in [-0.39, 0.29) is 26.9 Å². The van der Waals surface area contributed by atoms with E-state index >= 15 is 0 Å². The fourth-order valence-corrected chi connectivity index (χ4v) is 6.88. The molecule has 4 aromatic carbocycles. The van der Waals surface area contributed by atoms with Crippen molar-refractivity contribution >= 4 is 43.0 Å². The third kappa shape index (κ3) is 7.07. The minimum Gasteiger partial charge on any atom is -0.493 e. The van der Waals surface area contributed by atoms with Gasteiger partial charge in [0.2, 0.25) is 5.91 Å². The Balaban J connectivity index is 1.57. The predicted molar refractivity (Wildman–Crippen MR) is 162 cm³/mol. The van der Waals surface area contributed by atoms with Crippen molar-refractivity contribution in [1.82, 2.24) is 0 Å². The lowest BCUT2D eigenvalue weighted by Crippen LogP contribution is -2.38. The number of rotatable bonds is 11. The lowest BCUT2D eigenvalue weighted by molar-refractivity contribution is -0.114. The number of aryl methyl sites for hydroxylation is 2. The standard InChI is InChI=1S/C30H30FN3O7S2/c1-20-6-5-7-21(2)30(20)33-42(36,37)25-14-10-23(11-15-25)32-29(35)19-34(24-12-8-22(31)9-13-24)43(38,39)26-16-17-27(40-3)28(18-26)41-4/h5-18,33H,19H2,1-4H3,(H,32,35). The Morgan fingerprint density at radius 3 is 1.95 bits per heavy atom. The zero-order valence-electron chi connectivity index (χ0n) is 23.8. The van der Waals surface area contributed by atoms with Gasteiger partial charge in [-0.15, -0.1) is 0 Å². The van der Waals surface area contributed by atoms with Gasteiger partial charge in [-0.3, -0.25) is 13.8 Å². The first-order valence-corrected chi connectivity index (χ1v) is 15.8. The third-order valence-corrected chi connectivity index (χ3v) is 9.65. The molecule has 4 aromatic rings. The van der Waals surface area contributed by atoms with Gasteiger partial charge in [-0.1, -0.05) is 18.2 Å². The maximum Gasteiger partial charge on any atom is 0.264 e. The van der Waals surface area contributed by atoms with Crippen molar-refractivity contribution in [3.8, 4) is 11.5 Å². The second kappa shape index (κ2) is 12.7. The zero-order valence-corrected chi connectivity index (χ0v) is 25.4. The molecule has 0 atom stereocenters. The van der Waals surface area contributed by atoms with Gasteiger partial charge in [0.15, 0.2) is 11.5 Å². The van der Waals surface area contributed by atoms with Gasteiger partial charge in [0.05, 0.1) is 35.4 Å². The molecule has 0 aliphatic carbocycles. The Morgan fingerprint density at radius 1 is 0.791 bits per heavy atom. The van der Waals surface area contributed by atoms with Crippen molar-refractivity contribution < 1.29 is 35.5 Å². The quantitative estimate of drug-likeness (QED) is 0.237. The number of carbonyl (C=O) groups is 1. The largest absolute Gasteiger partial charge is 0.493 e. The molecule has 0 aromatic heterocycles. The Hall–Kier alpha value is -4.62. The van der Waals surface area contributed by atoms with Crippen LogP contribution in [-0.4, -0.2) is 43.5 Å². The molecule has 0 aliphatic rings. The summed E-state index contributed by atoms with van der Waals surface area (Å²) in [5.41, 5.74) is 2.29. The van der Waals surface area contributed by atoms with E-state index < -0.39 is 38.3 Å². The lowest BCUT2D eigenvalue weighted by atomic mass is 10.1. The molecule has 226 valence electrons. The molecule has 0 heterocycles.